The van der Waals surface area contributed by atoms with Gasteiger partial charge in [0, 0.05) is 59.9 Å². The maximum Gasteiger partial charge on any atom is 0.303 e. The third-order valence-electron chi connectivity index (χ3n) is 10.5. The van der Waals surface area contributed by atoms with E-state index in [0.29, 0.717) is 18.5 Å². The number of nitrogens with one attached hydrogen (secondary N) is 1. The Morgan fingerprint density at radius 2 is 1.94 bits per heavy atom. The Hall–Kier alpha value is -4.00. The van der Waals surface area contributed by atoms with Crippen molar-refractivity contribution in [3.8, 4) is 0 Å². The van der Waals surface area contributed by atoms with Gasteiger partial charge in [0.1, 0.15) is 0 Å². The summed E-state index contributed by atoms with van der Waals surface area (Å²) in [5.74, 6) is -0.767. The molecule has 12 heteroatoms. The van der Waals surface area contributed by atoms with Gasteiger partial charge in [-0.25, -0.2) is 17.6 Å². The van der Waals surface area contributed by atoms with Gasteiger partial charge in [-0.15, -0.1) is 0 Å². The molecule has 0 fully saturated rings. The van der Waals surface area contributed by atoms with E-state index in [9.17, 15) is 22.6 Å². The van der Waals surface area contributed by atoms with Crippen molar-refractivity contribution in [2.75, 3.05) is 23.7 Å². The molecule has 4 aliphatic rings. The first-order chi connectivity index (χ1) is 23.0. The summed E-state index contributed by atoms with van der Waals surface area (Å²) in [6.45, 7) is 6.51. The highest BCUT2D eigenvalue weighted by molar-refractivity contribution is 7.85. The zero-order valence-corrected chi connectivity index (χ0v) is 28.2. The third kappa shape index (κ3) is 5.63. The molecule has 0 saturated carbocycles. The lowest BCUT2D eigenvalue weighted by Gasteiger charge is -2.42. The molecule has 3 unspecified atom stereocenters. The molecule has 4 aliphatic heterocycles. The first kappa shape index (κ1) is 32.5. The fraction of sp³-hybridized carbons (Fsp3) is 0.472. The van der Waals surface area contributed by atoms with Crippen LogP contribution in [0.15, 0.2) is 59.8 Å². The highest BCUT2D eigenvalue weighted by Gasteiger charge is 2.50. The number of carboxylic acids is 1. The second kappa shape index (κ2) is 12.5. The SMILES string of the molecule is CCn1c2[n+](c3ccc(C(=O)NCCS(=O)(=O)[O-])cc31)CCC1OC3CCN4C(=C3C=C21)C(C)(CCCCCC(=O)O)c1ccccc14. The van der Waals surface area contributed by atoms with Crippen molar-refractivity contribution in [3.05, 3.63) is 76.8 Å². The van der Waals surface area contributed by atoms with Crippen LogP contribution < -0.4 is 14.8 Å². The summed E-state index contributed by atoms with van der Waals surface area (Å²) in [6, 6.07) is 14.2. The Morgan fingerprint density at radius 1 is 1.12 bits per heavy atom. The van der Waals surface area contributed by atoms with Crippen LogP contribution in [0.2, 0.25) is 0 Å². The van der Waals surface area contributed by atoms with Gasteiger partial charge in [-0.1, -0.05) is 31.0 Å². The standard InChI is InChI=1S/C36H42N4O7S/c1-3-38-29-21-23(34(43)37-17-20-48(44,45)46)12-13-28(29)40-19-15-31-25(35(38)40)22-24-30(47-31)14-18-39-27-10-7-6-9-26(27)36(2,33(24)39)16-8-4-5-11-32(41)42/h6-7,9-10,12-13,21-22,30-31H,3-5,8,11,14-20H2,1-2H3,(H2-,37,41,42,43,44,45,46). The number of aryl methyl sites for hydroxylation is 2. The van der Waals surface area contributed by atoms with E-state index in [1.807, 2.05) is 12.1 Å². The molecule has 2 N–H and O–H groups in total. The van der Waals surface area contributed by atoms with Gasteiger partial charge in [0.05, 0.1) is 46.7 Å². The number of nitrogens with zero attached hydrogens (tertiary/aromatic N) is 3. The van der Waals surface area contributed by atoms with E-state index >= 15 is 0 Å². The average molecular weight is 675 g/mol. The second-order valence-corrected chi connectivity index (χ2v) is 15.0. The molecule has 0 saturated heterocycles. The van der Waals surface area contributed by atoms with Crippen LogP contribution >= 0.6 is 0 Å². The van der Waals surface area contributed by atoms with E-state index in [2.05, 4.69) is 63.5 Å². The predicted molar refractivity (Wildman–Crippen MR) is 179 cm³/mol. The molecule has 1 aromatic heterocycles. The van der Waals surface area contributed by atoms with Crippen molar-refractivity contribution < 1.29 is 37.0 Å². The minimum absolute atomic E-state index is 0.00936. The highest BCUT2D eigenvalue weighted by Crippen LogP contribution is 2.55. The molecule has 0 radical (unpaired) electrons. The number of ether oxygens (including phenoxy) is 1. The number of hydrogen-bond donors (Lipinski definition) is 2. The van der Waals surface area contributed by atoms with Crippen molar-refractivity contribution in [1.29, 1.82) is 0 Å². The molecular weight excluding hydrogens is 632 g/mol. The number of amides is 1. The molecule has 254 valence electrons. The van der Waals surface area contributed by atoms with Crippen LogP contribution in [0.25, 0.3) is 16.6 Å². The van der Waals surface area contributed by atoms with E-state index in [-0.39, 0.29) is 30.6 Å². The molecule has 2 aromatic carbocycles. The number of allylic oxidation sites excluding steroid dienone is 1. The van der Waals surface area contributed by atoms with Crippen LogP contribution in [0.5, 0.6) is 0 Å². The summed E-state index contributed by atoms with van der Waals surface area (Å²) in [5.41, 5.74) is 8.27. The number of carboxylic acid groups (broad SMARTS) is 1. The minimum Gasteiger partial charge on any atom is -0.748 e. The molecule has 0 spiro atoms. The first-order valence-corrected chi connectivity index (χ1v) is 18.6. The number of aliphatic carboxylic acids is 1. The van der Waals surface area contributed by atoms with Crippen molar-refractivity contribution >= 4 is 44.3 Å². The van der Waals surface area contributed by atoms with Gasteiger partial charge < -0.3 is 24.6 Å². The zero-order valence-electron chi connectivity index (χ0n) is 27.4. The Morgan fingerprint density at radius 3 is 2.71 bits per heavy atom. The Bertz CT molecular complexity index is 1980. The van der Waals surface area contributed by atoms with Crippen molar-refractivity contribution in [1.82, 2.24) is 9.88 Å². The predicted octanol–water partition coefficient (Wildman–Crippen LogP) is 4.25. The normalized spacial score (nSPS) is 22.8. The van der Waals surface area contributed by atoms with Crippen LogP contribution in [-0.4, -0.2) is 65.6 Å². The summed E-state index contributed by atoms with van der Waals surface area (Å²) in [4.78, 5) is 26.5. The molecule has 0 aliphatic carbocycles. The summed E-state index contributed by atoms with van der Waals surface area (Å²) >= 11 is 0. The number of carbonyl (C=O) groups is 2. The quantitative estimate of drug-likeness (QED) is 0.175. The lowest BCUT2D eigenvalue weighted by Crippen LogP contribution is -2.49. The third-order valence-corrected chi connectivity index (χ3v) is 11.2. The summed E-state index contributed by atoms with van der Waals surface area (Å²) in [7, 11) is -4.42. The number of carbonyl (C=O) groups excluding carboxylic acids is 1. The first-order valence-electron chi connectivity index (χ1n) is 17.0. The van der Waals surface area contributed by atoms with E-state index in [0.717, 1.165) is 67.6 Å². The number of anilines is 1. The number of unbranched alkanes of at least 4 members (excludes halogenated alkanes) is 2. The fourth-order valence-corrected chi connectivity index (χ4v) is 8.77. The lowest BCUT2D eigenvalue weighted by atomic mass is 9.73. The molecular formula is C36H42N4O7S. The van der Waals surface area contributed by atoms with E-state index in [1.54, 1.807) is 6.07 Å². The maximum absolute atomic E-state index is 12.9. The topological polar surface area (TPSA) is 145 Å². The molecule has 1 amide bonds. The Balaban J connectivity index is 1.29. The molecule has 3 atom stereocenters. The lowest BCUT2D eigenvalue weighted by molar-refractivity contribution is -0.679. The van der Waals surface area contributed by atoms with Crippen LogP contribution in [0, 0.1) is 0 Å². The van der Waals surface area contributed by atoms with Crippen molar-refractivity contribution in [3.63, 3.8) is 0 Å². The van der Waals surface area contributed by atoms with E-state index < -0.39 is 27.7 Å². The Labute approximate surface area is 280 Å². The highest BCUT2D eigenvalue weighted by atomic mass is 32.2. The second-order valence-electron chi connectivity index (χ2n) is 13.5. The van der Waals surface area contributed by atoms with Gasteiger partial charge >= 0.3 is 5.97 Å². The summed E-state index contributed by atoms with van der Waals surface area (Å²) in [6.07, 6.45) is 7.62. The van der Waals surface area contributed by atoms with Gasteiger partial charge in [0.2, 0.25) is 0 Å². The number of hydrogen-bond acceptors (Lipinski definition) is 7. The van der Waals surface area contributed by atoms with E-state index in [1.165, 1.54) is 22.5 Å². The molecule has 11 nitrogen and oxygen atoms in total. The Kier molecular flexibility index (Phi) is 8.45. The minimum atomic E-state index is -4.42. The number of fused-ring (bicyclic) bond motifs is 9. The fourth-order valence-electron chi connectivity index (χ4n) is 8.41. The van der Waals surface area contributed by atoms with Crippen LogP contribution in [0.1, 0.15) is 80.5 Å². The monoisotopic (exact) mass is 674 g/mol. The summed E-state index contributed by atoms with van der Waals surface area (Å²) < 4.78 is 44.6. The average Bonchev–Trinajstić information content (AvgIpc) is 3.52. The molecule has 7 rings (SSSR count). The largest absolute Gasteiger partial charge is 0.748 e. The van der Waals surface area contributed by atoms with Gasteiger partial charge in [-0.2, -0.15) is 0 Å². The van der Waals surface area contributed by atoms with Gasteiger partial charge in [0.15, 0.2) is 11.0 Å². The zero-order chi connectivity index (χ0) is 33.8. The van der Waals surface area contributed by atoms with E-state index in [4.69, 9.17) is 9.84 Å². The number of para-hydroxylation sites is 1. The van der Waals surface area contributed by atoms with Crippen LogP contribution in [0.4, 0.5) is 5.69 Å². The molecule has 3 aromatic rings. The van der Waals surface area contributed by atoms with Crippen molar-refractivity contribution in [2.24, 2.45) is 0 Å². The maximum atomic E-state index is 12.9. The van der Waals surface area contributed by atoms with Crippen LogP contribution in [-0.2, 0) is 38.2 Å². The molecule has 5 heterocycles. The van der Waals surface area contributed by atoms with Crippen LogP contribution in [0.3, 0.4) is 0 Å². The van der Waals surface area contributed by atoms with Gasteiger partial charge in [0.25, 0.3) is 11.7 Å². The number of imidazole rings is 1. The number of benzene rings is 2. The number of rotatable bonds is 11. The summed E-state index contributed by atoms with van der Waals surface area (Å²) in [5, 5.41) is 11.7. The molecule has 48 heavy (non-hydrogen) atoms. The molecule has 0 bridgehead atoms. The van der Waals surface area contributed by atoms with Crippen molar-refractivity contribution in [2.45, 2.75) is 89.5 Å². The number of aromatic nitrogens is 2. The van der Waals surface area contributed by atoms with Gasteiger partial charge in [-0.05, 0) is 62.9 Å². The van der Waals surface area contributed by atoms with Gasteiger partial charge in [-0.3, -0.25) is 9.59 Å². The smallest absolute Gasteiger partial charge is 0.303 e.